The molecule has 0 saturated carbocycles. The third-order valence-electron chi connectivity index (χ3n) is 2.82. The SMILES string of the molecule is C[C@H](Oc1cccc(-c2cccc(C#N)c2)c1)C(=O)O. The van der Waals surface area contributed by atoms with Gasteiger partial charge in [-0.25, -0.2) is 4.79 Å². The Labute approximate surface area is 116 Å². The van der Waals surface area contributed by atoms with Crippen LogP contribution in [0.5, 0.6) is 5.75 Å². The van der Waals surface area contributed by atoms with Crippen molar-refractivity contribution in [3.63, 3.8) is 0 Å². The summed E-state index contributed by atoms with van der Waals surface area (Å²) in [4.78, 5) is 10.8. The Hall–Kier alpha value is -2.80. The van der Waals surface area contributed by atoms with Crippen LogP contribution in [0, 0.1) is 11.3 Å². The molecule has 0 heterocycles. The maximum atomic E-state index is 10.8. The highest BCUT2D eigenvalue weighted by atomic mass is 16.5. The van der Waals surface area contributed by atoms with Crippen LogP contribution < -0.4 is 4.74 Å². The number of nitrogens with zero attached hydrogens (tertiary/aromatic N) is 1. The summed E-state index contributed by atoms with van der Waals surface area (Å²) in [6.45, 7) is 1.48. The number of rotatable bonds is 4. The van der Waals surface area contributed by atoms with Crippen molar-refractivity contribution in [1.29, 1.82) is 5.26 Å². The molecule has 0 unspecified atom stereocenters. The molecule has 0 saturated heterocycles. The molecule has 20 heavy (non-hydrogen) atoms. The lowest BCUT2D eigenvalue weighted by Gasteiger charge is -2.11. The maximum absolute atomic E-state index is 10.8. The molecule has 100 valence electrons. The van der Waals surface area contributed by atoms with Gasteiger partial charge in [0.05, 0.1) is 11.6 Å². The minimum Gasteiger partial charge on any atom is -0.479 e. The van der Waals surface area contributed by atoms with Gasteiger partial charge in [-0.2, -0.15) is 5.26 Å². The van der Waals surface area contributed by atoms with Gasteiger partial charge < -0.3 is 9.84 Å². The summed E-state index contributed by atoms with van der Waals surface area (Å²) in [6.07, 6.45) is -0.907. The van der Waals surface area contributed by atoms with Gasteiger partial charge in [-0.3, -0.25) is 0 Å². The summed E-state index contributed by atoms with van der Waals surface area (Å²) >= 11 is 0. The zero-order valence-electron chi connectivity index (χ0n) is 10.9. The molecule has 4 heteroatoms. The van der Waals surface area contributed by atoms with Crippen molar-refractivity contribution in [2.24, 2.45) is 0 Å². The molecule has 0 fully saturated rings. The molecule has 1 atom stereocenters. The molecule has 2 aromatic rings. The second-order valence-corrected chi connectivity index (χ2v) is 4.32. The van der Waals surface area contributed by atoms with Gasteiger partial charge in [0.25, 0.3) is 0 Å². The van der Waals surface area contributed by atoms with Crippen LogP contribution in [-0.4, -0.2) is 17.2 Å². The van der Waals surface area contributed by atoms with Gasteiger partial charge in [0, 0.05) is 0 Å². The lowest BCUT2D eigenvalue weighted by molar-refractivity contribution is -0.144. The van der Waals surface area contributed by atoms with Crippen LogP contribution in [0.2, 0.25) is 0 Å². The van der Waals surface area contributed by atoms with E-state index in [4.69, 9.17) is 15.1 Å². The minimum atomic E-state index is -1.01. The molecule has 0 aliphatic rings. The number of benzene rings is 2. The first-order valence-corrected chi connectivity index (χ1v) is 6.10. The van der Waals surface area contributed by atoms with Crippen LogP contribution in [0.25, 0.3) is 11.1 Å². The molecule has 0 amide bonds. The first-order chi connectivity index (χ1) is 9.60. The number of hydrogen-bond acceptors (Lipinski definition) is 3. The van der Waals surface area contributed by atoms with Crippen molar-refractivity contribution in [2.75, 3.05) is 0 Å². The highest BCUT2D eigenvalue weighted by Crippen LogP contribution is 2.25. The number of carboxylic acids is 1. The van der Waals surface area contributed by atoms with Crippen molar-refractivity contribution >= 4 is 5.97 Å². The second kappa shape index (κ2) is 5.89. The van der Waals surface area contributed by atoms with Gasteiger partial charge in [0.2, 0.25) is 0 Å². The topological polar surface area (TPSA) is 70.3 Å². The highest BCUT2D eigenvalue weighted by Gasteiger charge is 2.12. The van der Waals surface area contributed by atoms with Crippen LogP contribution in [0.4, 0.5) is 0 Å². The molecule has 2 aromatic carbocycles. The number of nitriles is 1. The van der Waals surface area contributed by atoms with E-state index in [2.05, 4.69) is 6.07 Å². The van der Waals surface area contributed by atoms with E-state index in [1.54, 1.807) is 36.4 Å². The first kappa shape index (κ1) is 13.6. The van der Waals surface area contributed by atoms with E-state index in [-0.39, 0.29) is 0 Å². The molecule has 0 spiro atoms. The van der Waals surface area contributed by atoms with Crippen molar-refractivity contribution in [1.82, 2.24) is 0 Å². The minimum absolute atomic E-state index is 0.486. The van der Waals surface area contributed by atoms with E-state index in [1.165, 1.54) is 6.92 Å². The summed E-state index contributed by atoms with van der Waals surface area (Å²) in [5, 5.41) is 17.7. The number of carbonyl (C=O) groups is 1. The molecule has 0 radical (unpaired) electrons. The molecule has 2 rings (SSSR count). The average Bonchev–Trinajstić information content (AvgIpc) is 2.47. The molecule has 0 aliphatic heterocycles. The number of ether oxygens (including phenoxy) is 1. The molecule has 0 aromatic heterocycles. The quantitative estimate of drug-likeness (QED) is 0.924. The predicted octanol–water partition coefficient (Wildman–Crippen LogP) is 3.08. The normalized spacial score (nSPS) is 11.4. The lowest BCUT2D eigenvalue weighted by Crippen LogP contribution is -2.22. The standard InChI is InChI=1S/C16H13NO3/c1-11(16(18)19)20-15-7-3-6-14(9-15)13-5-2-4-12(8-13)10-17/h2-9,11H,1H3,(H,18,19)/t11-/m0/s1. The van der Waals surface area contributed by atoms with Crippen LogP contribution in [-0.2, 0) is 4.79 Å². The third kappa shape index (κ3) is 3.15. The van der Waals surface area contributed by atoms with Crippen molar-refractivity contribution in [3.8, 4) is 22.9 Å². The van der Waals surface area contributed by atoms with E-state index in [0.717, 1.165) is 11.1 Å². The highest BCUT2D eigenvalue weighted by molar-refractivity contribution is 5.72. The van der Waals surface area contributed by atoms with Crippen LogP contribution in [0.15, 0.2) is 48.5 Å². The number of aliphatic carboxylic acids is 1. The average molecular weight is 267 g/mol. The summed E-state index contributed by atoms with van der Waals surface area (Å²) < 4.78 is 5.33. The number of hydrogen-bond donors (Lipinski definition) is 1. The molecule has 0 bridgehead atoms. The number of carboxylic acid groups (broad SMARTS) is 1. The van der Waals surface area contributed by atoms with E-state index in [9.17, 15) is 4.79 Å². The van der Waals surface area contributed by atoms with Crippen molar-refractivity contribution < 1.29 is 14.6 Å². The molecule has 4 nitrogen and oxygen atoms in total. The molecule has 0 aliphatic carbocycles. The Morgan fingerprint density at radius 3 is 2.50 bits per heavy atom. The fraction of sp³-hybridized carbons (Fsp3) is 0.125. The maximum Gasteiger partial charge on any atom is 0.344 e. The molecular weight excluding hydrogens is 254 g/mol. The van der Waals surface area contributed by atoms with Gasteiger partial charge in [0.15, 0.2) is 6.10 Å². The van der Waals surface area contributed by atoms with Gasteiger partial charge in [0.1, 0.15) is 5.75 Å². The van der Waals surface area contributed by atoms with E-state index < -0.39 is 12.1 Å². The van der Waals surface area contributed by atoms with Crippen molar-refractivity contribution in [3.05, 3.63) is 54.1 Å². The zero-order chi connectivity index (χ0) is 14.5. The third-order valence-corrected chi connectivity index (χ3v) is 2.82. The van der Waals surface area contributed by atoms with E-state index >= 15 is 0 Å². The predicted molar refractivity (Wildman–Crippen MR) is 74.3 cm³/mol. The van der Waals surface area contributed by atoms with Gasteiger partial charge in [-0.1, -0.05) is 24.3 Å². The summed E-state index contributed by atoms with van der Waals surface area (Å²) in [5.41, 5.74) is 2.34. The van der Waals surface area contributed by atoms with Gasteiger partial charge >= 0.3 is 5.97 Å². The van der Waals surface area contributed by atoms with Gasteiger partial charge in [-0.15, -0.1) is 0 Å². The first-order valence-electron chi connectivity index (χ1n) is 6.10. The largest absolute Gasteiger partial charge is 0.479 e. The fourth-order valence-corrected chi connectivity index (χ4v) is 1.77. The lowest BCUT2D eigenvalue weighted by atomic mass is 10.0. The Morgan fingerprint density at radius 2 is 1.85 bits per heavy atom. The van der Waals surface area contributed by atoms with Crippen LogP contribution in [0.1, 0.15) is 12.5 Å². The Kier molecular flexibility index (Phi) is 4.02. The smallest absolute Gasteiger partial charge is 0.344 e. The molecule has 1 N–H and O–H groups in total. The van der Waals surface area contributed by atoms with Crippen LogP contribution >= 0.6 is 0 Å². The van der Waals surface area contributed by atoms with Crippen molar-refractivity contribution in [2.45, 2.75) is 13.0 Å². The van der Waals surface area contributed by atoms with Gasteiger partial charge in [-0.05, 0) is 42.3 Å². The molecular formula is C16H13NO3. The Bertz CT molecular complexity index is 673. The van der Waals surface area contributed by atoms with E-state index in [0.29, 0.717) is 11.3 Å². The van der Waals surface area contributed by atoms with E-state index in [1.807, 2.05) is 12.1 Å². The van der Waals surface area contributed by atoms with Crippen LogP contribution in [0.3, 0.4) is 0 Å². The zero-order valence-corrected chi connectivity index (χ0v) is 10.9. The summed E-state index contributed by atoms with van der Waals surface area (Å²) in [5.74, 6) is -0.526. The second-order valence-electron chi connectivity index (χ2n) is 4.32. The fourth-order valence-electron chi connectivity index (χ4n) is 1.77. The Balaban J connectivity index is 2.30. The summed E-state index contributed by atoms with van der Waals surface area (Å²) in [6, 6.07) is 16.4. The monoisotopic (exact) mass is 267 g/mol. The summed E-state index contributed by atoms with van der Waals surface area (Å²) in [7, 11) is 0. The Morgan fingerprint density at radius 1 is 1.20 bits per heavy atom.